The molecule has 0 aliphatic rings. The van der Waals surface area contributed by atoms with Crippen molar-refractivity contribution in [1.29, 1.82) is 5.41 Å². The van der Waals surface area contributed by atoms with Crippen molar-refractivity contribution in [2.45, 2.75) is 26.1 Å². The third-order valence-electron chi connectivity index (χ3n) is 4.03. The zero-order valence-electron chi connectivity index (χ0n) is 15.6. The molecular formula is C20H24FN5O2. The second-order valence-corrected chi connectivity index (χ2v) is 6.35. The summed E-state index contributed by atoms with van der Waals surface area (Å²) in [4.78, 5) is 24.1. The number of nitrogen functional groups attached to an aromatic ring is 1. The van der Waals surface area contributed by atoms with Gasteiger partial charge in [-0.15, -0.1) is 0 Å². The van der Waals surface area contributed by atoms with Crippen LogP contribution >= 0.6 is 0 Å². The molecule has 0 bridgehead atoms. The molecule has 0 saturated carbocycles. The molecule has 0 aliphatic heterocycles. The number of carbonyl (C=O) groups is 2. The van der Waals surface area contributed by atoms with Crippen molar-refractivity contribution in [3.8, 4) is 0 Å². The molecule has 0 saturated heterocycles. The molecular weight excluding hydrogens is 361 g/mol. The Morgan fingerprint density at radius 3 is 2.21 bits per heavy atom. The second-order valence-electron chi connectivity index (χ2n) is 6.35. The van der Waals surface area contributed by atoms with Gasteiger partial charge in [0.1, 0.15) is 17.7 Å². The quantitative estimate of drug-likeness (QED) is 0.327. The number of rotatable bonds is 9. The molecule has 0 radical (unpaired) electrons. The van der Waals surface area contributed by atoms with Crippen LogP contribution in [0.3, 0.4) is 0 Å². The molecule has 28 heavy (non-hydrogen) atoms. The monoisotopic (exact) mass is 385 g/mol. The molecule has 0 aromatic heterocycles. The molecule has 7 nitrogen and oxygen atoms in total. The van der Waals surface area contributed by atoms with Crippen molar-refractivity contribution < 1.29 is 14.0 Å². The summed E-state index contributed by atoms with van der Waals surface area (Å²) in [7, 11) is 0. The molecule has 2 amide bonds. The first-order chi connectivity index (χ1) is 13.3. The van der Waals surface area contributed by atoms with Gasteiger partial charge >= 0.3 is 0 Å². The van der Waals surface area contributed by atoms with Gasteiger partial charge in [0, 0.05) is 18.7 Å². The van der Waals surface area contributed by atoms with Crippen LogP contribution in [0.5, 0.6) is 0 Å². The Labute approximate surface area is 163 Å². The van der Waals surface area contributed by atoms with Crippen LogP contribution < -0.4 is 21.7 Å². The Kier molecular flexibility index (Phi) is 7.65. The molecule has 0 heterocycles. The van der Waals surface area contributed by atoms with Gasteiger partial charge in [-0.25, -0.2) is 4.39 Å². The Morgan fingerprint density at radius 1 is 1.04 bits per heavy atom. The number of nitrogens with two attached hydrogens (primary N) is 1. The topological polar surface area (TPSA) is 120 Å². The standard InChI is InChI=1S/C20H24FN5O2/c1-13(20(28)25-11-15-2-6-16(7-3-15)19(22)23)26-18(27)12-24-10-14-4-8-17(21)9-5-14/h2-9,13,24H,10-12H2,1H3,(H3,22,23)(H,25,28)(H,26,27). The Balaban J connectivity index is 1.69. The summed E-state index contributed by atoms with van der Waals surface area (Å²) in [5.41, 5.74) is 7.73. The van der Waals surface area contributed by atoms with Crippen LogP contribution in [0, 0.1) is 11.2 Å². The molecule has 8 heteroatoms. The molecule has 2 aromatic rings. The normalized spacial score (nSPS) is 11.5. The van der Waals surface area contributed by atoms with Crippen LogP contribution in [0.2, 0.25) is 0 Å². The Hall–Kier alpha value is -3.26. The number of halogens is 1. The summed E-state index contributed by atoms with van der Waals surface area (Å²) >= 11 is 0. The first kappa shape index (κ1) is 21.0. The van der Waals surface area contributed by atoms with E-state index in [9.17, 15) is 14.0 Å². The highest BCUT2D eigenvalue weighted by Gasteiger charge is 2.15. The smallest absolute Gasteiger partial charge is 0.242 e. The van der Waals surface area contributed by atoms with Crippen LogP contribution in [0.25, 0.3) is 0 Å². The summed E-state index contributed by atoms with van der Waals surface area (Å²) in [5, 5.41) is 15.7. The van der Waals surface area contributed by atoms with Crippen LogP contribution in [-0.4, -0.2) is 30.2 Å². The van der Waals surface area contributed by atoms with Gasteiger partial charge in [0.25, 0.3) is 0 Å². The van der Waals surface area contributed by atoms with Gasteiger partial charge < -0.3 is 21.7 Å². The van der Waals surface area contributed by atoms with E-state index in [1.54, 1.807) is 43.3 Å². The lowest BCUT2D eigenvalue weighted by molar-refractivity contribution is -0.128. The molecule has 0 fully saturated rings. The molecule has 6 N–H and O–H groups in total. The number of hydrogen-bond acceptors (Lipinski definition) is 4. The second kappa shape index (κ2) is 10.2. The van der Waals surface area contributed by atoms with E-state index < -0.39 is 6.04 Å². The van der Waals surface area contributed by atoms with E-state index in [0.29, 0.717) is 18.7 Å². The highest BCUT2D eigenvalue weighted by atomic mass is 19.1. The third-order valence-corrected chi connectivity index (χ3v) is 4.03. The van der Waals surface area contributed by atoms with Crippen molar-refractivity contribution in [1.82, 2.24) is 16.0 Å². The zero-order valence-corrected chi connectivity index (χ0v) is 15.6. The van der Waals surface area contributed by atoms with Crippen LogP contribution in [0.15, 0.2) is 48.5 Å². The third kappa shape index (κ3) is 6.81. The summed E-state index contributed by atoms with van der Waals surface area (Å²) in [6, 6.07) is 12.3. The number of nitrogens with one attached hydrogen (secondary N) is 4. The fraction of sp³-hybridized carbons (Fsp3) is 0.250. The Morgan fingerprint density at radius 2 is 1.61 bits per heavy atom. The maximum absolute atomic E-state index is 12.8. The maximum atomic E-state index is 12.8. The molecule has 1 unspecified atom stereocenters. The Bertz CT molecular complexity index is 821. The summed E-state index contributed by atoms with van der Waals surface area (Å²) in [6.07, 6.45) is 0. The minimum Gasteiger partial charge on any atom is -0.384 e. The van der Waals surface area contributed by atoms with E-state index in [1.807, 2.05) is 0 Å². The number of amidine groups is 1. The average Bonchev–Trinajstić information content (AvgIpc) is 2.67. The number of amides is 2. The van der Waals surface area contributed by atoms with Gasteiger partial charge in [0.05, 0.1) is 6.54 Å². The van der Waals surface area contributed by atoms with Gasteiger partial charge in [0.15, 0.2) is 0 Å². The van der Waals surface area contributed by atoms with E-state index >= 15 is 0 Å². The average molecular weight is 385 g/mol. The summed E-state index contributed by atoms with van der Waals surface area (Å²) in [6.45, 7) is 2.37. The largest absolute Gasteiger partial charge is 0.384 e. The lowest BCUT2D eigenvalue weighted by Crippen LogP contribution is -2.47. The lowest BCUT2D eigenvalue weighted by atomic mass is 10.1. The minimum absolute atomic E-state index is 0.0139. The molecule has 2 rings (SSSR count). The van der Waals surface area contributed by atoms with Crippen LogP contribution in [0.4, 0.5) is 4.39 Å². The van der Waals surface area contributed by atoms with E-state index in [1.165, 1.54) is 12.1 Å². The highest BCUT2D eigenvalue weighted by Crippen LogP contribution is 2.04. The minimum atomic E-state index is -0.684. The summed E-state index contributed by atoms with van der Waals surface area (Å²) in [5.74, 6) is -0.936. The molecule has 2 aromatic carbocycles. The van der Waals surface area contributed by atoms with E-state index in [-0.39, 0.29) is 30.0 Å². The predicted molar refractivity (Wildman–Crippen MR) is 105 cm³/mol. The van der Waals surface area contributed by atoms with Gasteiger partial charge in [-0.1, -0.05) is 36.4 Å². The van der Waals surface area contributed by atoms with Crippen molar-refractivity contribution >= 4 is 17.6 Å². The number of hydrogen-bond donors (Lipinski definition) is 5. The SMILES string of the molecule is CC(NC(=O)CNCc1ccc(F)cc1)C(=O)NCc1ccc(C(=N)N)cc1. The molecule has 0 aliphatic carbocycles. The predicted octanol–water partition coefficient (Wildman–Crippen LogP) is 1.02. The van der Waals surface area contributed by atoms with E-state index in [0.717, 1.165) is 11.1 Å². The maximum Gasteiger partial charge on any atom is 0.242 e. The van der Waals surface area contributed by atoms with Gasteiger partial charge in [-0.3, -0.25) is 15.0 Å². The molecule has 148 valence electrons. The van der Waals surface area contributed by atoms with E-state index in [2.05, 4.69) is 16.0 Å². The van der Waals surface area contributed by atoms with Crippen molar-refractivity contribution in [2.75, 3.05) is 6.54 Å². The van der Waals surface area contributed by atoms with Crippen molar-refractivity contribution in [2.24, 2.45) is 5.73 Å². The van der Waals surface area contributed by atoms with E-state index in [4.69, 9.17) is 11.1 Å². The van der Waals surface area contributed by atoms with Crippen molar-refractivity contribution in [3.05, 3.63) is 71.0 Å². The van der Waals surface area contributed by atoms with Crippen LogP contribution in [-0.2, 0) is 22.7 Å². The first-order valence-electron chi connectivity index (χ1n) is 8.80. The fourth-order valence-electron chi connectivity index (χ4n) is 2.43. The zero-order chi connectivity index (χ0) is 20.5. The van der Waals surface area contributed by atoms with Gasteiger partial charge in [0.2, 0.25) is 11.8 Å². The number of benzene rings is 2. The van der Waals surface area contributed by atoms with Crippen molar-refractivity contribution in [3.63, 3.8) is 0 Å². The number of carbonyl (C=O) groups excluding carboxylic acids is 2. The highest BCUT2D eigenvalue weighted by molar-refractivity contribution is 5.94. The lowest BCUT2D eigenvalue weighted by Gasteiger charge is -2.14. The molecule has 0 spiro atoms. The van der Waals surface area contributed by atoms with Gasteiger partial charge in [-0.2, -0.15) is 0 Å². The van der Waals surface area contributed by atoms with Crippen LogP contribution in [0.1, 0.15) is 23.6 Å². The fourth-order valence-corrected chi connectivity index (χ4v) is 2.43. The van der Waals surface area contributed by atoms with Gasteiger partial charge in [-0.05, 0) is 30.2 Å². The first-order valence-corrected chi connectivity index (χ1v) is 8.80. The summed E-state index contributed by atoms with van der Waals surface area (Å²) < 4.78 is 12.8. The molecule has 1 atom stereocenters.